The zero-order valence-corrected chi connectivity index (χ0v) is 20.7. The van der Waals surface area contributed by atoms with E-state index in [9.17, 15) is 0 Å². The molecule has 0 bridgehead atoms. The highest BCUT2D eigenvalue weighted by Gasteiger charge is 2.25. The number of ether oxygens (including phenoxy) is 1. The summed E-state index contributed by atoms with van der Waals surface area (Å²) >= 11 is 0. The van der Waals surface area contributed by atoms with Crippen LogP contribution in [0.3, 0.4) is 0 Å². The first-order valence-corrected chi connectivity index (χ1v) is 12.4. The van der Waals surface area contributed by atoms with E-state index < -0.39 is 0 Å². The molecule has 0 amide bonds. The Hall–Kier alpha value is -3.81. The van der Waals surface area contributed by atoms with Crippen LogP contribution >= 0.6 is 0 Å². The van der Waals surface area contributed by atoms with E-state index in [0.717, 1.165) is 42.9 Å². The summed E-state index contributed by atoms with van der Waals surface area (Å²) in [6, 6.07) is 0. The molecule has 4 aromatic rings. The number of aliphatic hydroxyl groups is 1. The maximum absolute atomic E-state index is 9.13. The minimum atomic E-state index is -0.121. The summed E-state index contributed by atoms with van der Waals surface area (Å²) in [5.74, 6) is 0.692. The van der Waals surface area contributed by atoms with Crippen molar-refractivity contribution in [1.82, 2.24) is 49.6 Å². The first kappa shape index (κ1) is 23.6. The Morgan fingerprint density at radius 3 is 2.73 bits per heavy atom. The summed E-state index contributed by atoms with van der Waals surface area (Å²) in [7, 11) is 1.87. The maximum Gasteiger partial charge on any atom is 0.225 e. The minimum absolute atomic E-state index is 0.121. The molecule has 0 radical (unpaired) electrons. The number of aliphatic hydroxyl groups excluding tert-OH is 1. The SMILES string of the molecule is Cn1cc(-c2cnc3nnn(C[C@@H]4CN(c5ncc(C6=CCN(CCO)CC6)cn5)CCO4)c3n2)cn1. The van der Waals surface area contributed by atoms with E-state index in [1.807, 2.05) is 25.6 Å². The molecule has 0 aliphatic carbocycles. The second-order valence-electron chi connectivity index (χ2n) is 9.29. The number of fused-ring (bicyclic) bond motifs is 1. The van der Waals surface area contributed by atoms with Crippen LogP contribution in [-0.4, -0.2) is 107 Å². The van der Waals surface area contributed by atoms with Gasteiger partial charge in [-0.05, 0) is 12.0 Å². The Balaban J connectivity index is 1.13. The summed E-state index contributed by atoms with van der Waals surface area (Å²) in [6.45, 7) is 5.09. The number of nitrogens with zero attached hydrogens (tertiary/aromatic N) is 11. The topological polar surface area (TPSA) is 136 Å². The third-order valence-corrected chi connectivity index (χ3v) is 6.74. The van der Waals surface area contributed by atoms with Crippen molar-refractivity contribution < 1.29 is 9.84 Å². The lowest BCUT2D eigenvalue weighted by Gasteiger charge is -2.32. The maximum atomic E-state index is 9.13. The monoisotopic (exact) mass is 503 g/mol. The number of anilines is 1. The Morgan fingerprint density at radius 2 is 1.97 bits per heavy atom. The third-order valence-electron chi connectivity index (χ3n) is 6.74. The second-order valence-corrected chi connectivity index (χ2v) is 9.29. The molecule has 13 heteroatoms. The van der Waals surface area contributed by atoms with Crippen molar-refractivity contribution in [3.63, 3.8) is 0 Å². The van der Waals surface area contributed by atoms with E-state index in [2.05, 4.69) is 46.2 Å². The molecule has 37 heavy (non-hydrogen) atoms. The molecule has 1 saturated heterocycles. The molecule has 6 heterocycles. The van der Waals surface area contributed by atoms with Crippen LogP contribution in [0.4, 0.5) is 5.95 Å². The molecule has 0 aromatic carbocycles. The Bertz CT molecular complexity index is 1400. The zero-order chi connectivity index (χ0) is 25.2. The normalized spacial score (nSPS) is 18.9. The zero-order valence-electron chi connectivity index (χ0n) is 20.7. The lowest BCUT2D eigenvalue weighted by molar-refractivity contribution is 0.0273. The summed E-state index contributed by atoms with van der Waals surface area (Å²) in [6.07, 6.45) is 12.2. The van der Waals surface area contributed by atoms with E-state index in [-0.39, 0.29) is 12.7 Å². The van der Waals surface area contributed by atoms with Gasteiger partial charge in [0.25, 0.3) is 0 Å². The van der Waals surface area contributed by atoms with Gasteiger partial charge in [0.15, 0.2) is 5.65 Å². The average molecular weight is 504 g/mol. The van der Waals surface area contributed by atoms with Gasteiger partial charge in [-0.3, -0.25) is 9.58 Å². The van der Waals surface area contributed by atoms with Crippen molar-refractivity contribution in [2.45, 2.75) is 19.1 Å². The fraction of sp³-hybridized carbons (Fsp3) is 0.458. The van der Waals surface area contributed by atoms with Crippen molar-refractivity contribution in [3.8, 4) is 11.3 Å². The van der Waals surface area contributed by atoms with Crippen LogP contribution in [0.5, 0.6) is 0 Å². The number of β-amino-alcohol motifs (C(OH)–C–C–N with tert-alkyl or cyclic N) is 1. The summed E-state index contributed by atoms with van der Waals surface area (Å²) in [4.78, 5) is 22.9. The molecule has 192 valence electrons. The predicted molar refractivity (Wildman–Crippen MR) is 135 cm³/mol. The van der Waals surface area contributed by atoms with Gasteiger partial charge in [-0.1, -0.05) is 11.3 Å². The molecule has 6 rings (SSSR count). The number of morpholine rings is 1. The molecule has 2 aliphatic rings. The third kappa shape index (κ3) is 5.05. The number of aryl methyl sites for hydroxylation is 1. The van der Waals surface area contributed by atoms with Crippen molar-refractivity contribution >= 4 is 22.8 Å². The molecule has 0 unspecified atom stereocenters. The van der Waals surface area contributed by atoms with Crippen molar-refractivity contribution in [2.75, 3.05) is 50.8 Å². The standard InChI is InChI=1S/C24H29N11O2/c1-32-14-19(12-28-32)21-13-25-22-23(29-21)35(31-30-22)16-20-15-34(7-9-37-20)24-26-10-18(11-27-24)17-2-4-33(5-3-17)6-8-36/h2,10-14,20,36H,3-9,15-16H2,1H3/t20-/m0/s1. The highest BCUT2D eigenvalue weighted by atomic mass is 16.5. The smallest absolute Gasteiger partial charge is 0.225 e. The molecule has 13 nitrogen and oxygen atoms in total. The van der Waals surface area contributed by atoms with Crippen LogP contribution in [0.15, 0.2) is 37.1 Å². The summed E-state index contributed by atoms with van der Waals surface area (Å²) in [5, 5.41) is 21.8. The fourth-order valence-corrected chi connectivity index (χ4v) is 4.74. The van der Waals surface area contributed by atoms with E-state index >= 15 is 0 Å². The molecular formula is C24H29N11O2. The minimum Gasteiger partial charge on any atom is -0.395 e. The van der Waals surface area contributed by atoms with Gasteiger partial charge in [-0.25, -0.2) is 24.6 Å². The summed E-state index contributed by atoms with van der Waals surface area (Å²) < 4.78 is 9.52. The van der Waals surface area contributed by atoms with E-state index in [4.69, 9.17) is 14.8 Å². The highest BCUT2D eigenvalue weighted by Crippen LogP contribution is 2.23. The second kappa shape index (κ2) is 10.3. The number of rotatable bonds is 7. The fourth-order valence-electron chi connectivity index (χ4n) is 4.74. The molecule has 1 N–H and O–H groups in total. The number of aromatic nitrogens is 9. The summed E-state index contributed by atoms with van der Waals surface area (Å²) in [5.41, 5.74) is 5.02. The molecule has 4 aromatic heterocycles. The van der Waals surface area contributed by atoms with Gasteiger partial charge in [0.1, 0.15) is 0 Å². The van der Waals surface area contributed by atoms with Crippen molar-refractivity contribution in [3.05, 3.63) is 42.6 Å². The molecule has 2 aliphatic heterocycles. The van der Waals surface area contributed by atoms with Crippen molar-refractivity contribution in [2.24, 2.45) is 7.05 Å². The van der Waals surface area contributed by atoms with Crippen LogP contribution in [0, 0.1) is 0 Å². The average Bonchev–Trinajstić information content (AvgIpc) is 3.55. The molecular weight excluding hydrogens is 474 g/mol. The van der Waals surface area contributed by atoms with Crippen LogP contribution in [0.25, 0.3) is 28.1 Å². The molecule has 0 spiro atoms. The molecule has 1 atom stereocenters. The molecule has 0 saturated carbocycles. The van der Waals surface area contributed by atoms with Gasteiger partial charge in [0.05, 0.1) is 44.0 Å². The van der Waals surface area contributed by atoms with Crippen LogP contribution < -0.4 is 4.90 Å². The number of hydrogen-bond acceptors (Lipinski definition) is 11. The first-order chi connectivity index (χ1) is 18.2. The van der Waals surface area contributed by atoms with Crippen molar-refractivity contribution in [1.29, 1.82) is 0 Å². The predicted octanol–water partition coefficient (Wildman–Crippen LogP) is 0.399. The van der Waals surface area contributed by atoms with Gasteiger partial charge in [0, 0.05) is 69.5 Å². The van der Waals surface area contributed by atoms with Gasteiger partial charge in [-0.15, -0.1) is 5.10 Å². The van der Waals surface area contributed by atoms with Crippen LogP contribution in [0.2, 0.25) is 0 Å². The van der Waals surface area contributed by atoms with Gasteiger partial charge >= 0.3 is 0 Å². The Morgan fingerprint density at radius 1 is 1.08 bits per heavy atom. The van der Waals surface area contributed by atoms with Crippen LogP contribution in [-0.2, 0) is 18.3 Å². The largest absolute Gasteiger partial charge is 0.395 e. The quantitative estimate of drug-likeness (QED) is 0.375. The van der Waals surface area contributed by atoms with Crippen LogP contribution in [0.1, 0.15) is 12.0 Å². The lowest BCUT2D eigenvalue weighted by Crippen LogP contribution is -2.45. The van der Waals surface area contributed by atoms with Gasteiger partial charge < -0.3 is 14.7 Å². The van der Waals surface area contributed by atoms with E-state index in [1.54, 1.807) is 21.8 Å². The lowest BCUT2D eigenvalue weighted by atomic mass is 10.0. The van der Waals surface area contributed by atoms with Gasteiger partial charge in [-0.2, -0.15) is 5.10 Å². The van der Waals surface area contributed by atoms with Gasteiger partial charge in [0.2, 0.25) is 11.6 Å². The van der Waals surface area contributed by atoms with E-state index in [0.29, 0.717) is 43.5 Å². The van der Waals surface area contributed by atoms with E-state index in [1.165, 1.54) is 5.57 Å². The Kier molecular flexibility index (Phi) is 6.55. The first-order valence-electron chi connectivity index (χ1n) is 12.4. The highest BCUT2D eigenvalue weighted by molar-refractivity contribution is 5.69. The number of hydrogen-bond donors (Lipinski definition) is 1. The Labute approximate surface area is 213 Å². The molecule has 1 fully saturated rings.